The number of sulfone groups is 1. The Bertz CT molecular complexity index is 1680. The molecule has 262 valence electrons. The molecule has 1 unspecified atom stereocenters. The van der Waals surface area contributed by atoms with Gasteiger partial charge in [0.15, 0.2) is 9.84 Å². The van der Waals surface area contributed by atoms with Gasteiger partial charge in [-0.1, -0.05) is 25.1 Å². The number of carbonyl (C=O) groups excluding carboxylic acids is 1. The second kappa shape index (κ2) is 14.5. The van der Waals surface area contributed by atoms with Crippen LogP contribution in [0.2, 0.25) is 0 Å². The molecule has 0 bridgehead atoms. The van der Waals surface area contributed by atoms with Crippen LogP contribution in [0.1, 0.15) is 50.5 Å². The first-order valence-electron chi connectivity index (χ1n) is 17.4. The van der Waals surface area contributed by atoms with E-state index in [0.717, 1.165) is 64.1 Å². The fraction of sp³-hybridized carbons (Fsp3) is 0.541. The van der Waals surface area contributed by atoms with Crippen LogP contribution in [0.5, 0.6) is 0 Å². The lowest BCUT2D eigenvalue weighted by Gasteiger charge is -2.48. The van der Waals surface area contributed by atoms with Crippen molar-refractivity contribution < 1.29 is 27.5 Å². The highest BCUT2D eigenvalue weighted by Gasteiger charge is 2.52. The zero-order chi connectivity index (χ0) is 34.8. The monoisotopic (exact) mass is 691 g/mol. The summed E-state index contributed by atoms with van der Waals surface area (Å²) in [6.07, 6.45) is 4.77. The van der Waals surface area contributed by atoms with Crippen LogP contribution in [0.3, 0.4) is 0 Å². The van der Waals surface area contributed by atoms with Crippen molar-refractivity contribution in [1.82, 2.24) is 15.1 Å². The SMILES string of the molecule is C=CC(=O)N1CCC(S(=O)(=O)c2ccc(N3CC(CN4CCC(C(C#N)(c5cccc(F)c5)[C@H]5CCC[C@@H]5NC(=O)O)CC4)C3)cc2)CC1. The van der Waals surface area contributed by atoms with E-state index in [9.17, 15) is 32.8 Å². The standard InChI is InChI=1S/C37H46FN5O5S/c1-2-35(44)42-19-15-32(16-20-42)49(47,48)31-11-9-30(10-12-31)43-23-26(24-43)22-41-17-13-27(14-18-41)37(25-39,28-5-3-6-29(38)21-28)33-7-4-8-34(33)40-36(45)46/h2-3,5-6,9-12,21,26-27,32-34,40H,1,4,7-8,13-20,22-24H2,(H,45,46)/t33-,34-,37?/m0/s1. The van der Waals surface area contributed by atoms with Gasteiger partial charge in [0, 0.05) is 56.3 Å². The smallest absolute Gasteiger partial charge is 0.404 e. The number of nitrogens with one attached hydrogen (secondary N) is 1. The molecule has 4 fully saturated rings. The molecule has 1 saturated carbocycles. The van der Waals surface area contributed by atoms with Crippen LogP contribution in [-0.4, -0.2) is 92.4 Å². The molecule has 3 atom stereocenters. The molecule has 0 spiro atoms. The summed E-state index contributed by atoms with van der Waals surface area (Å²) in [5.74, 6) is -0.336. The molecule has 3 saturated heterocycles. The van der Waals surface area contributed by atoms with Gasteiger partial charge < -0.3 is 25.1 Å². The minimum atomic E-state index is -3.49. The highest BCUT2D eigenvalue weighted by Crippen LogP contribution is 2.50. The summed E-state index contributed by atoms with van der Waals surface area (Å²) in [6.45, 7) is 8.65. The topological polar surface area (TPSA) is 134 Å². The third-order valence-corrected chi connectivity index (χ3v) is 13.8. The normalized spacial score (nSPS) is 24.1. The van der Waals surface area contributed by atoms with E-state index >= 15 is 0 Å². The van der Waals surface area contributed by atoms with E-state index in [0.29, 0.717) is 48.7 Å². The maximum Gasteiger partial charge on any atom is 0.404 e. The molecule has 12 heteroatoms. The van der Waals surface area contributed by atoms with Gasteiger partial charge in [-0.15, -0.1) is 0 Å². The van der Waals surface area contributed by atoms with Crippen molar-refractivity contribution >= 4 is 27.5 Å². The van der Waals surface area contributed by atoms with Crippen LogP contribution >= 0.6 is 0 Å². The minimum absolute atomic E-state index is 0.0217. The summed E-state index contributed by atoms with van der Waals surface area (Å²) in [5.41, 5.74) is 0.666. The maximum absolute atomic E-state index is 14.5. The Morgan fingerprint density at radius 2 is 1.71 bits per heavy atom. The lowest BCUT2D eigenvalue weighted by Crippen LogP contribution is -2.55. The molecule has 4 aliphatic rings. The number of nitrogens with zero attached hydrogens (tertiary/aromatic N) is 4. The summed E-state index contributed by atoms with van der Waals surface area (Å²) < 4.78 is 41.1. The maximum atomic E-state index is 14.5. The molecular formula is C37H46FN5O5S. The summed E-state index contributed by atoms with van der Waals surface area (Å²) in [7, 11) is -3.49. The number of anilines is 1. The van der Waals surface area contributed by atoms with Crippen molar-refractivity contribution in [1.29, 1.82) is 5.26 Å². The average molecular weight is 692 g/mol. The van der Waals surface area contributed by atoms with Crippen molar-refractivity contribution in [3.63, 3.8) is 0 Å². The number of hydrogen-bond donors (Lipinski definition) is 2. The molecule has 6 rings (SSSR count). The van der Waals surface area contributed by atoms with E-state index in [2.05, 4.69) is 27.8 Å². The number of carboxylic acid groups (broad SMARTS) is 1. The Labute approximate surface area is 288 Å². The van der Waals surface area contributed by atoms with E-state index in [1.807, 2.05) is 18.2 Å². The molecule has 2 aromatic carbocycles. The van der Waals surface area contributed by atoms with E-state index in [1.165, 1.54) is 18.2 Å². The molecule has 3 heterocycles. The van der Waals surface area contributed by atoms with Crippen LogP contribution in [0.15, 0.2) is 66.1 Å². The van der Waals surface area contributed by atoms with Crippen molar-refractivity contribution in [2.24, 2.45) is 17.8 Å². The van der Waals surface area contributed by atoms with Gasteiger partial charge >= 0.3 is 6.09 Å². The van der Waals surface area contributed by atoms with Crippen LogP contribution in [0.4, 0.5) is 14.9 Å². The van der Waals surface area contributed by atoms with Crippen molar-refractivity contribution in [2.75, 3.05) is 50.7 Å². The average Bonchev–Trinajstić information content (AvgIpc) is 3.55. The largest absolute Gasteiger partial charge is 0.465 e. The van der Waals surface area contributed by atoms with Crippen LogP contribution in [0.25, 0.3) is 0 Å². The zero-order valence-electron chi connectivity index (χ0n) is 27.8. The predicted molar refractivity (Wildman–Crippen MR) is 184 cm³/mol. The Morgan fingerprint density at radius 3 is 2.33 bits per heavy atom. The molecule has 49 heavy (non-hydrogen) atoms. The lowest BCUT2D eigenvalue weighted by atomic mass is 9.59. The molecule has 2 aromatic rings. The first-order chi connectivity index (χ1) is 23.5. The van der Waals surface area contributed by atoms with Crippen molar-refractivity contribution in [3.8, 4) is 6.07 Å². The number of benzene rings is 2. The van der Waals surface area contributed by atoms with Gasteiger partial charge in [-0.05, 0) is 106 Å². The Balaban J connectivity index is 1.04. The van der Waals surface area contributed by atoms with Crippen LogP contribution < -0.4 is 10.2 Å². The fourth-order valence-electron chi connectivity index (χ4n) is 8.96. The fourth-order valence-corrected chi connectivity index (χ4v) is 10.7. The number of hydrogen-bond acceptors (Lipinski definition) is 7. The number of nitriles is 1. The third kappa shape index (κ3) is 7.06. The summed E-state index contributed by atoms with van der Waals surface area (Å²) >= 11 is 0. The lowest BCUT2D eigenvalue weighted by molar-refractivity contribution is -0.126. The van der Waals surface area contributed by atoms with Gasteiger partial charge in [-0.25, -0.2) is 17.6 Å². The number of carbonyl (C=O) groups is 2. The Morgan fingerprint density at radius 1 is 1.02 bits per heavy atom. The molecule has 2 N–H and O–H groups in total. The highest BCUT2D eigenvalue weighted by atomic mass is 32.2. The Hall–Kier alpha value is -3.95. The number of piperidine rings is 2. The van der Waals surface area contributed by atoms with Gasteiger partial charge in [0.1, 0.15) is 5.82 Å². The molecule has 2 amide bonds. The number of likely N-dealkylation sites (tertiary alicyclic amines) is 2. The van der Waals surface area contributed by atoms with Crippen LogP contribution in [-0.2, 0) is 20.0 Å². The third-order valence-electron chi connectivity index (χ3n) is 11.5. The highest BCUT2D eigenvalue weighted by molar-refractivity contribution is 7.92. The van der Waals surface area contributed by atoms with Gasteiger partial charge in [-0.3, -0.25) is 4.79 Å². The van der Waals surface area contributed by atoms with Crippen LogP contribution in [0, 0.1) is 34.9 Å². The number of rotatable bonds is 10. The van der Waals surface area contributed by atoms with Gasteiger partial charge in [0.25, 0.3) is 0 Å². The quantitative estimate of drug-likeness (QED) is 0.339. The second-order valence-electron chi connectivity index (χ2n) is 14.2. The first kappa shape index (κ1) is 34.9. The molecule has 0 radical (unpaired) electrons. The zero-order valence-corrected chi connectivity index (χ0v) is 28.7. The number of amides is 2. The van der Waals surface area contributed by atoms with E-state index in [1.54, 1.807) is 23.1 Å². The summed E-state index contributed by atoms with van der Waals surface area (Å²) in [5, 5.41) is 22.5. The molecule has 3 aliphatic heterocycles. The van der Waals surface area contributed by atoms with Gasteiger partial charge in [-0.2, -0.15) is 5.26 Å². The first-order valence-corrected chi connectivity index (χ1v) is 19.0. The van der Waals surface area contributed by atoms with E-state index in [-0.39, 0.29) is 29.6 Å². The Kier molecular flexibility index (Phi) is 10.3. The van der Waals surface area contributed by atoms with Crippen molar-refractivity contribution in [3.05, 3.63) is 72.6 Å². The molecule has 0 aromatic heterocycles. The number of halogens is 1. The molecule has 10 nitrogen and oxygen atoms in total. The van der Waals surface area contributed by atoms with E-state index < -0.39 is 26.6 Å². The summed E-state index contributed by atoms with van der Waals surface area (Å²) in [6, 6.07) is 15.8. The minimum Gasteiger partial charge on any atom is -0.465 e. The van der Waals surface area contributed by atoms with E-state index in [4.69, 9.17) is 0 Å². The van der Waals surface area contributed by atoms with Gasteiger partial charge in [0.05, 0.1) is 21.6 Å². The summed E-state index contributed by atoms with van der Waals surface area (Å²) in [4.78, 5) is 30.2. The van der Waals surface area contributed by atoms with Crippen molar-refractivity contribution in [2.45, 2.75) is 66.5 Å². The molecular weight excluding hydrogens is 646 g/mol. The predicted octanol–water partition coefficient (Wildman–Crippen LogP) is 4.82. The molecule has 1 aliphatic carbocycles. The second-order valence-corrected chi connectivity index (χ2v) is 16.4. The van der Waals surface area contributed by atoms with Gasteiger partial charge in [0.2, 0.25) is 5.91 Å².